The van der Waals surface area contributed by atoms with Gasteiger partial charge in [-0.25, -0.2) is 0 Å². The highest BCUT2D eigenvalue weighted by Gasteiger charge is 2.21. The van der Waals surface area contributed by atoms with E-state index in [0.29, 0.717) is 0 Å². The van der Waals surface area contributed by atoms with Gasteiger partial charge in [-0.05, 0) is 173 Å². The minimum Gasteiger partial charge on any atom is -0.310 e. The normalized spacial score (nSPS) is 11.5. The van der Waals surface area contributed by atoms with Gasteiger partial charge in [0.2, 0.25) is 0 Å². The molecule has 0 fully saturated rings. The van der Waals surface area contributed by atoms with Crippen LogP contribution in [-0.4, -0.2) is 4.57 Å². The second-order valence-corrected chi connectivity index (χ2v) is 19.3. The van der Waals surface area contributed by atoms with Crippen LogP contribution in [0.25, 0.3) is 115 Å². The smallest absolute Gasteiger partial charge is 0.0553 e. The van der Waals surface area contributed by atoms with Gasteiger partial charge in [-0.2, -0.15) is 0 Å². The molecular weight excluding hydrogens is 893 g/mol. The molecule has 0 saturated heterocycles. The molecule has 0 saturated carbocycles. The highest BCUT2D eigenvalue weighted by atomic mass is 15.1. The summed E-state index contributed by atoms with van der Waals surface area (Å²) >= 11 is 0. The summed E-state index contributed by atoms with van der Waals surface area (Å²) in [5, 5.41) is 9.94. The van der Waals surface area contributed by atoms with Gasteiger partial charge >= 0.3 is 0 Å². The van der Waals surface area contributed by atoms with E-state index in [1.807, 2.05) is 0 Å². The number of hydrogen-bond acceptors (Lipinski definition) is 1. The van der Waals surface area contributed by atoms with Crippen molar-refractivity contribution in [2.45, 2.75) is 0 Å². The van der Waals surface area contributed by atoms with Gasteiger partial charge in [-0.3, -0.25) is 0 Å². The predicted octanol–water partition coefficient (Wildman–Crippen LogP) is 20.0. The van der Waals surface area contributed by atoms with Crippen molar-refractivity contribution in [3.63, 3.8) is 0 Å². The van der Waals surface area contributed by atoms with Crippen molar-refractivity contribution in [2.75, 3.05) is 4.90 Å². The maximum Gasteiger partial charge on any atom is 0.0553 e. The summed E-state index contributed by atoms with van der Waals surface area (Å²) in [7, 11) is 0. The van der Waals surface area contributed by atoms with Crippen molar-refractivity contribution in [3.8, 4) is 61.3 Å². The third-order valence-corrected chi connectivity index (χ3v) is 14.9. The number of hydrogen-bond donors (Lipinski definition) is 0. The second kappa shape index (κ2) is 18.1. The number of anilines is 3. The van der Waals surface area contributed by atoms with Crippen LogP contribution < -0.4 is 4.90 Å². The Balaban J connectivity index is 0.946. The van der Waals surface area contributed by atoms with Crippen LogP contribution in [0.1, 0.15) is 0 Å². The zero-order valence-corrected chi connectivity index (χ0v) is 40.6. The number of benzene rings is 13. The van der Waals surface area contributed by atoms with Crippen LogP contribution in [-0.2, 0) is 0 Å². The van der Waals surface area contributed by atoms with Crippen molar-refractivity contribution < 1.29 is 0 Å². The van der Waals surface area contributed by atoms with E-state index in [-0.39, 0.29) is 0 Å². The van der Waals surface area contributed by atoms with E-state index in [9.17, 15) is 0 Å². The maximum absolute atomic E-state index is 2.43. The van der Waals surface area contributed by atoms with Gasteiger partial charge in [0.05, 0.1) is 11.0 Å². The lowest BCUT2D eigenvalue weighted by molar-refractivity contribution is 1.18. The Hall–Kier alpha value is -9.76. The summed E-state index contributed by atoms with van der Waals surface area (Å²) in [4.78, 5) is 2.42. The van der Waals surface area contributed by atoms with Crippen LogP contribution in [0.3, 0.4) is 0 Å². The van der Waals surface area contributed by atoms with Crippen molar-refractivity contribution in [2.24, 2.45) is 0 Å². The summed E-state index contributed by atoms with van der Waals surface area (Å²) in [5.41, 5.74) is 18.6. The van der Waals surface area contributed by atoms with Crippen molar-refractivity contribution in [1.29, 1.82) is 0 Å². The maximum atomic E-state index is 2.43. The Morgan fingerprint density at radius 2 is 0.716 bits per heavy atom. The molecule has 0 unspecified atom stereocenters. The summed E-state index contributed by atoms with van der Waals surface area (Å²) < 4.78 is 2.43. The third-order valence-electron chi connectivity index (χ3n) is 14.9. The molecule has 74 heavy (non-hydrogen) atoms. The molecule has 0 bridgehead atoms. The molecule has 0 atom stereocenters. The first-order valence-electron chi connectivity index (χ1n) is 25.5. The van der Waals surface area contributed by atoms with E-state index in [1.54, 1.807) is 0 Å². The lowest BCUT2D eigenvalue weighted by Crippen LogP contribution is -2.10. The van der Waals surface area contributed by atoms with Gasteiger partial charge < -0.3 is 9.47 Å². The predicted molar refractivity (Wildman–Crippen MR) is 315 cm³/mol. The number of aromatic nitrogens is 1. The van der Waals surface area contributed by atoms with Crippen LogP contribution in [0.4, 0.5) is 17.1 Å². The Bertz CT molecular complexity index is 4330. The van der Waals surface area contributed by atoms with Gasteiger partial charge in [-0.15, -0.1) is 0 Å². The molecule has 346 valence electrons. The van der Waals surface area contributed by atoms with E-state index >= 15 is 0 Å². The summed E-state index contributed by atoms with van der Waals surface area (Å²) in [6.45, 7) is 0. The first-order valence-corrected chi connectivity index (χ1v) is 25.5. The largest absolute Gasteiger partial charge is 0.310 e. The van der Waals surface area contributed by atoms with Crippen molar-refractivity contribution in [1.82, 2.24) is 4.57 Å². The molecule has 0 amide bonds. The Morgan fingerprint density at radius 1 is 0.243 bits per heavy atom. The van der Waals surface area contributed by atoms with E-state index in [2.05, 4.69) is 301 Å². The minimum absolute atomic E-state index is 1.07. The Kier molecular flexibility index (Phi) is 10.6. The average Bonchev–Trinajstić information content (AvgIpc) is 3.81. The first-order chi connectivity index (χ1) is 36.7. The third kappa shape index (κ3) is 7.52. The average molecular weight is 941 g/mol. The number of fused-ring (bicyclic) bond motifs is 7. The zero-order valence-electron chi connectivity index (χ0n) is 40.6. The van der Waals surface area contributed by atoms with Crippen molar-refractivity contribution in [3.05, 3.63) is 291 Å². The van der Waals surface area contributed by atoms with E-state index in [1.165, 1.54) is 98.6 Å². The Labute approximate surface area is 430 Å². The number of para-hydroxylation sites is 2. The molecule has 0 aliphatic heterocycles. The van der Waals surface area contributed by atoms with E-state index in [0.717, 1.165) is 33.9 Å². The molecule has 0 aliphatic rings. The standard InChI is InChI=1S/C72H48N2/c1-4-19-49(20-5-1)56-43-57(50-21-6-2-7-22-50)45-58(44-56)51-35-39-60(40-36-51)73(61-41-37-52(38-42-61)68-47-53-23-10-12-29-63(53)65-31-14-15-32-66(65)68)62-28-18-25-55(46-62)71-64-30-13-11-24-54(64)48-70-72(71)67-33-16-17-34-69(67)74(70)59-26-8-3-9-27-59/h1-48H. The SMILES string of the molecule is c1ccc(-c2cc(-c3ccccc3)cc(-c3ccc(N(c4ccc(-c5cc6ccccc6c6ccccc56)cc4)c4cccc(-c5c6ccccc6cc6c5c5ccccc5n6-c5ccccc5)c4)cc3)c2)cc1. The zero-order chi connectivity index (χ0) is 49.0. The van der Waals surface area contributed by atoms with Crippen molar-refractivity contribution >= 4 is 71.2 Å². The van der Waals surface area contributed by atoms with Gasteiger partial charge in [0, 0.05) is 33.5 Å². The fourth-order valence-corrected chi connectivity index (χ4v) is 11.5. The van der Waals surface area contributed by atoms with Gasteiger partial charge in [0.1, 0.15) is 0 Å². The van der Waals surface area contributed by atoms with Crippen LogP contribution in [0.2, 0.25) is 0 Å². The van der Waals surface area contributed by atoms with Gasteiger partial charge in [-0.1, -0.05) is 206 Å². The second-order valence-electron chi connectivity index (χ2n) is 19.3. The summed E-state index contributed by atoms with van der Waals surface area (Å²) in [6.07, 6.45) is 0. The summed E-state index contributed by atoms with van der Waals surface area (Å²) in [5.74, 6) is 0. The quantitative estimate of drug-likeness (QED) is 0.131. The monoisotopic (exact) mass is 940 g/mol. The molecule has 2 nitrogen and oxygen atoms in total. The highest BCUT2D eigenvalue weighted by molar-refractivity contribution is 6.23. The number of rotatable bonds is 9. The summed E-state index contributed by atoms with van der Waals surface area (Å²) in [6, 6.07) is 107. The molecule has 1 aromatic heterocycles. The fourth-order valence-electron chi connectivity index (χ4n) is 11.5. The van der Waals surface area contributed by atoms with Crippen LogP contribution in [0.5, 0.6) is 0 Å². The Morgan fingerprint density at radius 3 is 1.35 bits per heavy atom. The highest BCUT2D eigenvalue weighted by Crippen LogP contribution is 2.46. The van der Waals surface area contributed by atoms with E-state index < -0.39 is 0 Å². The molecular formula is C72H48N2. The molecule has 14 rings (SSSR count). The molecule has 0 aliphatic carbocycles. The van der Waals surface area contributed by atoms with Crippen LogP contribution >= 0.6 is 0 Å². The lowest BCUT2D eigenvalue weighted by Gasteiger charge is -2.27. The van der Waals surface area contributed by atoms with Gasteiger partial charge in [0.15, 0.2) is 0 Å². The molecule has 0 spiro atoms. The molecule has 1 heterocycles. The first kappa shape index (κ1) is 43.1. The fraction of sp³-hybridized carbons (Fsp3) is 0. The molecule has 14 aromatic rings. The van der Waals surface area contributed by atoms with Crippen LogP contribution in [0, 0.1) is 0 Å². The lowest BCUT2D eigenvalue weighted by atomic mass is 9.92. The van der Waals surface area contributed by atoms with Crippen LogP contribution in [0.15, 0.2) is 291 Å². The minimum atomic E-state index is 1.07. The topological polar surface area (TPSA) is 8.17 Å². The molecule has 2 heteroatoms. The van der Waals surface area contributed by atoms with Gasteiger partial charge in [0.25, 0.3) is 0 Å². The molecule has 13 aromatic carbocycles. The van der Waals surface area contributed by atoms with E-state index in [4.69, 9.17) is 0 Å². The molecule has 0 N–H and O–H groups in total. The molecule has 0 radical (unpaired) electrons. The number of nitrogens with zero attached hydrogens (tertiary/aromatic N) is 2.